The summed E-state index contributed by atoms with van der Waals surface area (Å²) in [6.45, 7) is 0. The number of anilines is 1. The molecule has 2 aromatic rings. The minimum atomic E-state index is -3.80. The Labute approximate surface area is 134 Å². The molecule has 2 N–H and O–H groups in total. The Bertz CT molecular complexity index is 808. The van der Waals surface area contributed by atoms with E-state index in [1.807, 2.05) is 0 Å². The third-order valence-electron chi connectivity index (χ3n) is 2.57. The Balaban J connectivity index is 2.35. The van der Waals surface area contributed by atoms with Crippen LogP contribution in [0.4, 0.5) is 5.69 Å². The van der Waals surface area contributed by atoms with E-state index in [9.17, 15) is 13.2 Å². The summed E-state index contributed by atoms with van der Waals surface area (Å²) in [7, 11) is -3.80. The van der Waals surface area contributed by atoms with Crippen LogP contribution < -0.4 is 4.72 Å². The lowest BCUT2D eigenvalue weighted by atomic mass is 10.2. The van der Waals surface area contributed by atoms with Crippen molar-refractivity contribution in [1.29, 1.82) is 0 Å². The van der Waals surface area contributed by atoms with E-state index in [4.69, 9.17) is 16.7 Å². The van der Waals surface area contributed by atoms with E-state index in [2.05, 4.69) is 20.7 Å². The molecule has 0 fully saturated rings. The Morgan fingerprint density at radius 1 is 1.19 bits per heavy atom. The average Bonchev–Trinajstić information content (AvgIpc) is 2.40. The van der Waals surface area contributed by atoms with Crippen LogP contribution in [0, 0.1) is 0 Å². The number of hydrogen-bond donors (Lipinski definition) is 2. The summed E-state index contributed by atoms with van der Waals surface area (Å²) in [6.07, 6.45) is 0. The summed E-state index contributed by atoms with van der Waals surface area (Å²) < 4.78 is 27.4. The smallest absolute Gasteiger partial charge is 0.335 e. The standard InChI is InChI=1S/C13H9BrClNO4S/c14-9-2-1-3-10(7-9)21(19,20)16-12-5-4-8(13(17)18)6-11(12)15/h1-7,16H,(H,17,18). The highest BCUT2D eigenvalue weighted by molar-refractivity contribution is 9.10. The average molecular weight is 391 g/mol. The number of hydrogen-bond acceptors (Lipinski definition) is 3. The minimum absolute atomic E-state index is 0.00784. The van der Waals surface area contributed by atoms with Crippen LogP contribution in [0.25, 0.3) is 0 Å². The summed E-state index contributed by atoms with van der Waals surface area (Å²) >= 11 is 9.10. The zero-order valence-corrected chi connectivity index (χ0v) is 13.5. The van der Waals surface area contributed by atoms with E-state index in [-0.39, 0.29) is 21.2 Å². The molecule has 5 nitrogen and oxygen atoms in total. The lowest BCUT2D eigenvalue weighted by molar-refractivity contribution is 0.0697. The molecular formula is C13H9BrClNO4S. The molecular weight excluding hydrogens is 382 g/mol. The van der Waals surface area contributed by atoms with Gasteiger partial charge in [0.05, 0.1) is 21.2 Å². The van der Waals surface area contributed by atoms with Gasteiger partial charge < -0.3 is 5.11 Å². The van der Waals surface area contributed by atoms with Crippen molar-refractivity contribution in [1.82, 2.24) is 0 Å². The lowest BCUT2D eigenvalue weighted by Gasteiger charge is -2.10. The zero-order chi connectivity index (χ0) is 15.6. The molecule has 0 saturated carbocycles. The normalized spacial score (nSPS) is 11.1. The highest BCUT2D eigenvalue weighted by Crippen LogP contribution is 2.26. The van der Waals surface area contributed by atoms with Gasteiger partial charge in [-0.3, -0.25) is 4.72 Å². The predicted molar refractivity (Wildman–Crippen MR) is 83.4 cm³/mol. The SMILES string of the molecule is O=C(O)c1ccc(NS(=O)(=O)c2cccc(Br)c2)c(Cl)c1. The van der Waals surface area contributed by atoms with E-state index in [0.717, 1.165) is 0 Å². The molecule has 0 heterocycles. The third kappa shape index (κ3) is 3.75. The highest BCUT2D eigenvalue weighted by Gasteiger charge is 2.16. The summed E-state index contributed by atoms with van der Waals surface area (Å²) in [6, 6.07) is 9.94. The van der Waals surface area contributed by atoms with Crippen LogP contribution in [0.3, 0.4) is 0 Å². The zero-order valence-electron chi connectivity index (χ0n) is 10.4. The Morgan fingerprint density at radius 2 is 1.90 bits per heavy atom. The first-order chi connectivity index (χ1) is 9.79. The van der Waals surface area contributed by atoms with Gasteiger partial charge in [-0.05, 0) is 36.4 Å². The van der Waals surface area contributed by atoms with Crippen molar-refractivity contribution in [3.05, 3.63) is 57.5 Å². The maximum atomic E-state index is 12.2. The second-order valence-electron chi connectivity index (χ2n) is 4.06. The Morgan fingerprint density at radius 3 is 2.48 bits per heavy atom. The largest absolute Gasteiger partial charge is 0.478 e. The fraction of sp³-hybridized carbons (Fsp3) is 0. The van der Waals surface area contributed by atoms with Crippen LogP contribution in [0.1, 0.15) is 10.4 Å². The van der Waals surface area contributed by atoms with Gasteiger partial charge in [0.15, 0.2) is 0 Å². The number of carboxylic acid groups (broad SMARTS) is 1. The number of aromatic carboxylic acids is 1. The molecule has 0 saturated heterocycles. The van der Waals surface area contributed by atoms with Gasteiger partial charge in [-0.1, -0.05) is 33.6 Å². The van der Waals surface area contributed by atoms with Crippen molar-refractivity contribution in [3.8, 4) is 0 Å². The van der Waals surface area contributed by atoms with Crippen LogP contribution in [-0.4, -0.2) is 19.5 Å². The molecule has 2 aromatic carbocycles. The van der Waals surface area contributed by atoms with Gasteiger partial charge in [-0.15, -0.1) is 0 Å². The first-order valence-corrected chi connectivity index (χ1v) is 8.26. The van der Waals surface area contributed by atoms with Crippen LogP contribution in [-0.2, 0) is 10.0 Å². The van der Waals surface area contributed by atoms with Gasteiger partial charge in [0.1, 0.15) is 0 Å². The lowest BCUT2D eigenvalue weighted by Crippen LogP contribution is -2.13. The van der Waals surface area contributed by atoms with Gasteiger partial charge in [0, 0.05) is 4.47 Å². The van der Waals surface area contributed by atoms with Crippen molar-refractivity contribution in [3.63, 3.8) is 0 Å². The summed E-state index contributed by atoms with van der Waals surface area (Å²) in [5, 5.41) is 8.85. The summed E-state index contributed by atoms with van der Waals surface area (Å²) in [5.41, 5.74) is 0.0899. The number of nitrogens with one attached hydrogen (secondary N) is 1. The predicted octanol–water partition coefficient (Wildman–Crippen LogP) is 3.60. The second kappa shape index (κ2) is 6.05. The first kappa shape index (κ1) is 15.8. The maximum absolute atomic E-state index is 12.2. The fourth-order valence-electron chi connectivity index (χ4n) is 1.57. The van der Waals surface area contributed by atoms with Gasteiger partial charge in [-0.25, -0.2) is 13.2 Å². The fourth-order valence-corrected chi connectivity index (χ4v) is 3.53. The van der Waals surface area contributed by atoms with Crippen LogP contribution in [0.5, 0.6) is 0 Å². The van der Waals surface area contributed by atoms with Crippen LogP contribution >= 0.6 is 27.5 Å². The van der Waals surface area contributed by atoms with Crippen molar-refractivity contribution >= 4 is 49.2 Å². The Kier molecular flexibility index (Phi) is 4.55. The van der Waals surface area contributed by atoms with Crippen molar-refractivity contribution in [2.24, 2.45) is 0 Å². The van der Waals surface area contributed by atoms with E-state index < -0.39 is 16.0 Å². The summed E-state index contributed by atoms with van der Waals surface area (Å²) in [5.74, 6) is -1.14. The quantitative estimate of drug-likeness (QED) is 0.835. The van der Waals surface area contributed by atoms with E-state index in [1.165, 1.54) is 30.3 Å². The summed E-state index contributed by atoms with van der Waals surface area (Å²) in [4.78, 5) is 10.9. The molecule has 21 heavy (non-hydrogen) atoms. The van der Waals surface area contributed by atoms with Crippen molar-refractivity contribution < 1.29 is 18.3 Å². The van der Waals surface area contributed by atoms with Gasteiger partial charge in [-0.2, -0.15) is 0 Å². The second-order valence-corrected chi connectivity index (χ2v) is 7.07. The molecule has 110 valence electrons. The number of carbonyl (C=O) groups is 1. The number of sulfonamides is 1. The molecule has 0 aliphatic heterocycles. The van der Waals surface area contributed by atoms with Crippen molar-refractivity contribution in [2.45, 2.75) is 4.90 Å². The molecule has 0 atom stereocenters. The number of halogens is 2. The Hall–Kier alpha value is -1.57. The van der Waals surface area contributed by atoms with Gasteiger partial charge in [0.2, 0.25) is 0 Å². The van der Waals surface area contributed by atoms with E-state index in [0.29, 0.717) is 4.47 Å². The van der Waals surface area contributed by atoms with Crippen molar-refractivity contribution in [2.75, 3.05) is 4.72 Å². The van der Waals surface area contributed by atoms with Gasteiger partial charge in [0.25, 0.3) is 10.0 Å². The molecule has 2 rings (SSSR count). The molecule has 0 amide bonds. The first-order valence-electron chi connectivity index (χ1n) is 5.61. The number of benzene rings is 2. The molecule has 0 radical (unpaired) electrons. The third-order valence-corrected chi connectivity index (χ3v) is 4.74. The molecule has 0 aliphatic rings. The van der Waals surface area contributed by atoms with E-state index >= 15 is 0 Å². The highest BCUT2D eigenvalue weighted by atomic mass is 79.9. The monoisotopic (exact) mass is 389 g/mol. The minimum Gasteiger partial charge on any atom is -0.478 e. The molecule has 0 aromatic heterocycles. The topological polar surface area (TPSA) is 83.5 Å². The molecule has 0 spiro atoms. The number of carboxylic acids is 1. The molecule has 0 aliphatic carbocycles. The van der Waals surface area contributed by atoms with E-state index in [1.54, 1.807) is 12.1 Å². The number of rotatable bonds is 4. The van der Waals surface area contributed by atoms with Crippen LogP contribution in [0.15, 0.2) is 51.8 Å². The van der Waals surface area contributed by atoms with Crippen LogP contribution in [0.2, 0.25) is 5.02 Å². The molecule has 8 heteroatoms. The molecule has 0 unspecified atom stereocenters. The molecule has 0 bridgehead atoms. The van der Waals surface area contributed by atoms with Gasteiger partial charge >= 0.3 is 5.97 Å². The maximum Gasteiger partial charge on any atom is 0.335 e.